The first-order valence-corrected chi connectivity index (χ1v) is 10.2. The van der Waals surface area contributed by atoms with Crippen molar-refractivity contribution < 1.29 is 9.84 Å². The highest BCUT2D eigenvalue weighted by Crippen LogP contribution is 2.10. The van der Waals surface area contributed by atoms with Gasteiger partial charge in [0.2, 0.25) is 0 Å². The molecule has 1 aromatic carbocycles. The van der Waals surface area contributed by atoms with Crippen LogP contribution in [-0.4, -0.2) is 74.6 Å². The molecule has 0 bridgehead atoms. The summed E-state index contributed by atoms with van der Waals surface area (Å²) in [4.78, 5) is 7.10. The lowest BCUT2D eigenvalue weighted by atomic mass is 10.1. The lowest BCUT2D eigenvalue weighted by molar-refractivity contribution is 0.155. The van der Waals surface area contributed by atoms with Crippen LogP contribution in [0.2, 0.25) is 0 Å². The Morgan fingerprint density at radius 3 is 2.64 bits per heavy atom. The molecular formula is C21H37IN4O2. The second kappa shape index (κ2) is 15.0. The summed E-state index contributed by atoms with van der Waals surface area (Å²) in [5.41, 5.74) is 1.14. The first kappa shape index (κ1) is 25.1. The van der Waals surface area contributed by atoms with Crippen LogP contribution in [0.25, 0.3) is 0 Å². The fourth-order valence-corrected chi connectivity index (χ4v) is 3.39. The fourth-order valence-electron chi connectivity index (χ4n) is 3.39. The van der Waals surface area contributed by atoms with Gasteiger partial charge in [0.25, 0.3) is 0 Å². The van der Waals surface area contributed by atoms with Gasteiger partial charge < -0.3 is 25.4 Å². The van der Waals surface area contributed by atoms with E-state index in [0.29, 0.717) is 19.0 Å². The molecule has 1 atom stereocenters. The minimum absolute atomic E-state index is 0. The maximum atomic E-state index is 10.3. The zero-order valence-electron chi connectivity index (χ0n) is 17.3. The molecule has 1 aliphatic heterocycles. The highest BCUT2D eigenvalue weighted by atomic mass is 127. The van der Waals surface area contributed by atoms with E-state index in [0.717, 1.165) is 63.6 Å². The molecule has 1 fully saturated rings. The largest absolute Gasteiger partial charge is 0.391 e. The van der Waals surface area contributed by atoms with Crippen LogP contribution < -0.4 is 10.6 Å². The minimum atomic E-state index is -0.467. The molecule has 0 radical (unpaired) electrons. The van der Waals surface area contributed by atoms with Gasteiger partial charge in [-0.1, -0.05) is 30.3 Å². The Hall–Kier alpha value is -0.900. The topological polar surface area (TPSA) is 69.1 Å². The number of nitrogens with zero attached hydrogens (tertiary/aromatic N) is 2. The third-order valence-electron chi connectivity index (χ3n) is 4.87. The minimum Gasteiger partial charge on any atom is -0.391 e. The van der Waals surface area contributed by atoms with Crippen LogP contribution in [0.15, 0.2) is 35.3 Å². The highest BCUT2D eigenvalue weighted by Gasteiger charge is 2.19. The number of likely N-dealkylation sites (tertiary alicyclic amines) is 1. The van der Waals surface area contributed by atoms with Crippen molar-refractivity contribution in [1.29, 1.82) is 0 Å². The second-order valence-electron chi connectivity index (χ2n) is 7.17. The summed E-state index contributed by atoms with van der Waals surface area (Å²) < 4.78 is 5.13. The first-order valence-electron chi connectivity index (χ1n) is 10.2. The van der Waals surface area contributed by atoms with Crippen molar-refractivity contribution in [1.82, 2.24) is 15.5 Å². The molecule has 1 aliphatic rings. The number of rotatable bonds is 10. The van der Waals surface area contributed by atoms with Gasteiger partial charge in [-0.3, -0.25) is 4.99 Å². The summed E-state index contributed by atoms with van der Waals surface area (Å²) in [7, 11) is 1.76. The second-order valence-corrected chi connectivity index (χ2v) is 7.17. The Kier molecular flexibility index (Phi) is 13.5. The molecule has 160 valence electrons. The van der Waals surface area contributed by atoms with Crippen LogP contribution in [0.5, 0.6) is 0 Å². The van der Waals surface area contributed by atoms with Crippen LogP contribution in [0.3, 0.4) is 0 Å². The summed E-state index contributed by atoms with van der Waals surface area (Å²) in [6.45, 7) is 7.45. The van der Waals surface area contributed by atoms with Crippen LogP contribution in [-0.2, 0) is 11.2 Å². The number of hydrogen-bond acceptors (Lipinski definition) is 4. The van der Waals surface area contributed by atoms with Crippen LogP contribution in [0.1, 0.15) is 31.7 Å². The van der Waals surface area contributed by atoms with Gasteiger partial charge in [-0.05, 0) is 31.7 Å². The molecule has 28 heavy (non-hydrogen) atoms. The number of piperidine rings is 1. The number of halogens is 1. The van der Waals surface area contributed by atoms with E-state index in [9.17, 15) is 5.11 Å². The van der Waals surface area contributed by atoms with Gasteiger partial charge in [-0.2, -0.15) is 0 Å². The Bertz CT molecular complexity index is 536. The van der Waals surface area contributed by atoms with E-state index in [1.165, 1.54) is 0 Å². The Labute approximate surface area is 187 Å². The smallest absolute Gasteiger partial charge is 0.191 e. The molecule has 0 aliphatic carbocycles. The highest BCUT2D eigenvalue weighted by molar-refractivity contribution is 14.0. The molecule has 0 aromatic heterocycles. The van der Waals surface area contributed by atoms with E-state index in [-0.39, 0.29) is 24.0 Å². The number of aliphatic hydroxyl groups excluding tert-OH is 1. The number of nitrogens with one attached hydrogen (secondary N) is 2. The number of benzene rings is 1. The molecule has 3 N–H and O–H groups in total. The van der Waals surface area contributed by atoms with Gasteiger partial charge in [0.05, 0.1) is 12.6 Å². The number of aliphatic hydroxyl groups is 1. The average molecular weight is 504 g/mol. The van der Waals surface area contributed by atoms with Gasteiger partial charge >= 0.3 is 0 Å². The summed E-state index contributed by atoms with van der Waals surface area (Å²) in [6, 6.07) is 10.5. The summed E-state index contributed by atoms with van der Waals surface area (Å²) in [5, 5.41) is 17.1. The molecule has 2 rings (SSSR count). The molecule has 0 spiro atoms. The quantitative estimate of drug-likeness (QED) is 0.198. The van der Waals surface area contributed by atoms with Crippen molar-refractivity contribution in [3.8, 4) is 0 Å². The Balaban J connectivity index is 0.00000392. The van der Waals surface area contributed by atoms with Crippen molar-refractivity contribution in [3.05, 3.63) is 35.9 Å². The third-order valence-corrected chi connectivity index (χ3v) is 4.87. The maximum absolute atomic E-state index is 10.3. The first-order chi connectivity index (χ1) is 13.2. The van der Waals surface area contributed by atoms with Crippen molar-refractivity contribution >= 4 is 29.9 Å². The van der Waals surface area contributed by atoms with Crippen molar-refractivity contribution in [3.63, 3.8) is 0 Å². The molecule has 1 aromatic rings. The van der Waals surface area contributed by atoms with E-state index < -0.39 is 6.10 Å². The summed E-state index contributed by atoms with van der Waals surface area (Å²) in [6.07, 6.45) is 3.49. The molecule has 0 saturated carbocycles. The SMILES string of the molecule is CCNC(=NCC(O)Cc1ccccc1)NC1CCN(CCCOC)CC1.I. The van der Waals surface area contributed by atoms with Crippen LogP contribution >= 0.6 is 24.0 Å². The Morgan fingerprint density at radius 1 is 1.29 bits per heavy atom. The van der Waals surface area contributed by atoms with E-state index in [1.807, 2.05) is 30.3 Å². The number of aliphatic imine (C=N–C) groups is 1. The molecule has 1 unspecified atom stereocenters. The van der Waals surface area contributed by atoms with Crippen LogP contribution in [0.4, 0.5) is 0 Å². The van der Waals surface area contributed by atoms with Crippen molar-refractivity contribution in [2.45, 2.75) is 44.8 Å². The number of ether oxygens (including phenoxy) is 1. The zero-order chi connectivity index (χ0) is 19.3. The maximum Gasteiger partial charge on any atom is 0.191 e. The number of guanidine groups is 1. The van der Waals surface area contributed by atoms with E-state index in [4.69, 9.17) is 4.74 Å². The molecular weight excluding hydrogens is 467 g/mol. The lowest BCUT2D eigenvalue weighted by Gasteiger charge is -2.33. The van der Waals surface area contributed by atoms with Gasteiger partial charge in [0, 0.05) is 52.4 Å². The number of methoxy groups -OCH3 is 1. The normalized spacial score (nSPS) is 17.0. The number of hydrogen-bond donors (Lipinski definition) is 3. The molecule has 6 nitrogen and oxygen atoms in total. The van der Waals surface area contributed by atoms with Gasteiger partial charge in [-0.25, -0.2) is 0 Å². The van der Waals surface area contributed by atoms with Gasteiger partial charge in [0.15, 0.2) is 5.96 Å². The van der Waals surface area contributed by atoms with E-state index in [1.54, 1.807) is 7.11 Å². The van der Waals surface area contributed by atoms with E-state index >= 15 is 0 Å². The Morgan fingerprint density at radius 2 is 2.00 bits per heavy atom. The summed E-state index contributed by atoms with van der Waals surface area (Å²) in [5.74, 6) is 0.808. The van der Waals surface area contributed by atoms with Gasteiger partial charge in [0.1, 0.15) is 0 Å². The standard InChI is InChI=1S/C21H36N4O2.HI/c1-3-22-21(23-17-20(26)16-18-8-5-4-6-9-18)24-19-10-13-25(14-11-19)12-7-15-27-2;/h4-6,8-9,19-20,26H,3,7,10-17H2,1-2H3,(H2,22,23,24);1H. The summed E-state index contributed by atoms with van der Waals surface area (Å²) >= 11 is 0. The average Bonchev–Trinajstić information content (AvgIpc) is 2.69. The molecule has 0 amide bonds. The molecule has 1 heterocycles. The molecule has 1 saturated heterocycles. The fraction of sp³-hybridized carbons (Fsp3) is 0.667. The van der Waals surface area contributed by atoms with Crippen LogP contribution in [0, 0.1) is 0 Å². The van der Waals surface area contributed by atoms with Gasteiger partial charge in [-0.15, -0.1) is 24.0 Å². The zero-order valence-corrected chi connectivity index (χ0v) is 19.6. The predicted molar refractivity (Wildman–Crippen MR) is 127 cm³/mol. The van der Waals surface area contributed by atoms with Crippen molar-refractivity contribution in [2.75, 3.05) is 46.4 Å². The lowest BCUT2D eigenvalue weighted by Crippen LogP contribution is -2.49. The predicted octanol–water partition coefficient (Wildman–Crippen LogP) is 2.26. The van der Waals surface area contributed by atoms with Crippen molar-refractivity contribution in [2.24, 2.45) is 4.99 Å². The van der Waals surface area contributed by atoms with E-state index in [2.05, 4.69) is 27.4 Å². The molecule has 7 heteroatoms. The monoisotopic (exact) mass is 504 g/mol. The third kappa shape index (κ3) is 10.0.